The number of nitrogens with zero attached hydrogens (tertiary/aromatic N) is 2. The Morgan fingerprint density at radius 3 is 2.45 bits per heavy atom. The number of piperazine rings is 1. The third-order valence-corrected chi connectivity index (χ3v) is 6.12. The van der Waals surface area contributed by atoms with Crippen molar-refractivity contribution in [2.45, 2.75) is 23.4 Å². The van der Waals surface area contributed by atoms with Gasteiger partial charge in [0.1, 0.15) is 0 Å². The van der Waals surface area contributed by atoms with Gasteiger partial charge in [-0.25, -0.2) is 0 Å². The van der Waals surface area contributed by atoms with E-state index < -0.39 is 11.7 Å². The average molecular weight is 441 g/mol. The van der Waals surface area contributed by atoms with Crippen molar-refractivity contribution in [1.82, 2.24) is 4.90 Å². The third kappa shape index (κ3) is 4.36. The molecule has 2 fully saturated rings. The van der Waals surface area contributed by atoms with E-state index in [1.165, 1.54) is 12.1 Å². The van der Waals surface area contributed by atoms with Gasteiger partial charge in [0, 0.05) is 42.0 Å². The van der Waals surface area contributed by atoms with Gasteiger partial charge in [0.25, 0.3) is 0 Å². The van der Waals surface area contributed by atoms with Crippen molar-refractivity contribution in [1.29, 1.82) is 0 Å². The van der Waals surface area contributed by atoms with Crippen molar-refractivity contribution >= 4 is 35.8 Å². The summed E-state index contributed by atoms with van der Waals surface area (Å²) in [5.41, 5.74) is 0.491. The molecule has 2 atom stereocenters. The smallest absolute Gasteiger partial charge is 0.367 e. The van der Waals surface area contributed by atoms with E-state index in [0.717, 1.165) is 22.9 Å². The molecule has 0 radical (unpaired) electrons. The number of carbonyl (C=O) groups is 1. The van der Waals surface area contributed by atoms with Crippen LogP contribution < -0.4 is 4.90 Å². The fourth-order valence-electron chi connectivity index (χ4n) is 4.00. The highest BCUT2D eigenvalue weighted by molar-refractivity contribution is 7.80. The third-order valence-electron chi connectivity index (χ3n) is 5.60. The van der Waals surface area contributed by atoms with E-state index in [-0.39, 0.29) is 28.5 Å². The second kappa shape index (κ2) is 7.76. The van der Waals surface area contributed by atoms with Crippen molar-refractivity contribution in [2.75, 3.05) is 31.1 Å². The largest absolute Gasteiger partial charge is 0.418 e. The van der Waals surface area contributed by atoms with Crippen LogP contribution >= 0.6 is 24.2 Å². The van der Waals surface area contributed by atoms with Gasteiger partial charge in [-0.3, -0.25) is 4.79 Å². The summed E-state index contributed by atoms with van der Waals surface area (Å²) in [7, 11) is 0. The molecule has 1 saturated heterocycles. The fraction of sp³-hybridized carbons (Fsp3) is 0.381. The number of hydrogen-bond acceptors (Lipinski definition) is 3. The Balaban J connectivity index is 1.41. The molecule has 1 heterocycles. The van der Waals surface area contributed by atoms with Crippen LogP contribution in [0.15, 0.2) is 47.4 Å². The Labute approximate surface area is 177 Å². The van der Waals surface area contributed by atoms with Gasteiger partial charge in [-0.05, 0) is 48.2 Å². The van der Waals surface area contributed by atoms with Gasteiger partial charge in [-0.1, -0.05) is 23.7 Å². The zero-order valence-electron chi connectivity index (χ0n) is 15.5. The highest BCUT2D eigenvalue weighted by Gasteiger charge is 2.46. The lowest BCUT2D eigenvalue weighted by Crippen LogP contribution is -2.49. The lowest BCUT2D eigenvalue weighted by Gasteiger charge is -2.37. The minimum Gasteiger partial charge on any atom is -0.367 e. The predicted molar refractivity (Wildman–Crippen MR) is 110 cm³/mol. The number of amides is 1. The van der Waals surface area contributed by atoms with Gasteiger partial charge in [-0.2, -0.15) is 13.2 Å². The average Bonchev–Trinajstić information content (AvgIpc) is 3.47. The predicted octanol–water partition coefficient (Wildman–Crippen LogP) is 5.10. The molecule has 0 N–H and O–H groups in total. The van der Waals surface area contributed by atoms with Crippen molar-refractivity contribution in [2.24, 2.45) is 5.92 Å². The Hall–Kier alpha value is -1.86. The van der Waals surface area contributed by atoms with Crippen LogP contribution in [0.1, 0.15) is 23.5 Å². The molecule has 0 bridgehead atoms. The molecule has 1 aliphatic heterocycles. The first kappa shape index (κ1) is 20.4. The summed E-state index contributed by atoms with van der Waals surface area (Å²) in [5.74, 6) is 0.243. The van der Waals surface area contributed by atoms with E-state index >= 15 is 0 Å². The van der Waals surface area contributed by atoms with E-state index in [2.05, 4.69) is 12.6 Å². The van der Waals surface area contributed by atoms with E-state index in [9.17, 15) is 18.0 Å². The zero-order valence-corrected chi connectivity index (χ0v) is 17.1. The SMILES string of the molecule is O=C([C@@H]1C[C@@H]1c1cccc(S)c1)N1CCN(c2cc(Cl)ccc2C(F)(F)F)CC1. The van der Waals surface area contributed by atoms with Crippen molar-refractivity contribution in [3.8, 4) is 0 Å². The van der Waals surface area contributed by atoms with Crippen LogP contribution in [0.4, 0.5) is 18.9 Å². The summed E-state index contributed by atoms with van der Waals surface area (Å²) in [4.78, 5) is 17.1. The van der Waals surface area contributed by atoms with Crippen LogP contribution in [0.3, 0.4) is 0 Å². The summed E-state index contributed by atoms with van der Waals surface area (Å²) < 4.78 is 40.0. The number of anilines is 1. The molecule has 0 aromatic heterocycles. The molecule has 4 rings (SSSR count). The lowest BCUT2D eigenvalue weighted by atomic mass is 10.1. The molecule has 0 spiro atoms. The normalized spacial score (nSPS) is 22.0. The van der Waals surface area contributed by atoms with E-state index in [0.29, 0.717) is 26.2 Å². The van der Waals surface area contributed by atoms with Gasteiger partial charge in [0.05, 0.1) is 11.3 Å². The molecule has 2 aliphatic rings. The summed E-state index contributed by atoms with van der Waals surface area (Å²) in [6.07, 6.45) is -3.64. The summed E-state index contributed by atoms with van der Waals surface area (Å²) in [5, 5.41) is 0.263. The molecule has 2 aromatic carbocycles. The Bertz CT molecular complexity index is 928. The number of benzene rings is 2. The first-order valence-electron chi connectivity index (χ1n) is 9.43. The number of thiol groups is 1. The molecule has 1 saturated carbocycles. The minimum atomic E-state index is -4.45. The van der Waals surface area contributed by atoms with Gasteiger partial charge in [0.15, 0.2) is 0 Å². The summed E-state index contributed by atoms with van der Waals surface area (Å²) in [6.45, 7) is 1.49. The van der Waals surface area contributed by atoms with E-state index in [1.54, 1.807) is 9.80 Å². The number of alkyl halides is 3. The maximum atomic E-state index is 13.3. The maximum Gasteiger partial charge on any atom is 0.418 e. The molecule has 1 amide bonds. The molecular weight excluding hydrogens is 421 g/mol. The van der Waals surface area contributed by atoms with E-state index in [1.807, 2.05) is 24.3 Å². The minimum absolute atomic E-state index is 0.0476. The van der Waals surface area contributed by atoms with Gasteiger partial charge >= 0.3 is 6.18 Å². The monoisotopic (exact) mass is 440 g/mol. The topological polar surface area (TPSA) is 23.6 Å². The number of rotatable bonds is 3. The highest BCUT2D eigenvalue weighted by atomic mass is 35.5. The number of hydrogen-bond donors (Lipinski definition) is 1. The first-order valence-corrected chi connectivity index (χ1v) is 10.3. The molecule has 0 unspecified atom stereocenters. The lowest BCUT2D eigenvalue weighted by molar-refractivity contribution is -0.137. The Morgan fingerprint density at radius 2 is 1.79 bits per heavy atom. The second-order valence-electron chi connectivity index (χ2n) is 7.52. The molecule has 3 nitrogen and oxygen atoms in total. The molecule has 154 valence electrons. The molecular formula is C21H20ClF3N2OS. The van der Waals surface area contributed by atoms with Crippen LogP contribution in [-0.4, -0.2) is 37.0 Å². The number of carbonyl (C=O) groups excluding carboxylic acids is 1. The molecule has 2 aromatic rings. The fourth-order valence-corrected chi connectivity index (χ4v) is 4.40. The highest BCUT2D eigenvalue weighted by Crippen LogP contribution is 2.49. The van der Waals surface area contributed by atoms with Gasteiger partial charge in [-0.15, -0.1) is 12.6 Å². The number of halogens is 4. The van der Waals surface area contributed by atoms with Crippen LogP contribution in [0.25, 0.3) is 0 Å². The quantitative estimate of drug-likeness (QED) is 0.671. The summed E-state index contributed by atoms with van der Waals surface area (Å²) >= 11 is 10.3. The Kier molecular flexibility index (Phi) is 5.46. The molecule has 29 heavy (non-hydrogen) atoms. The van der Waals surface area contributed by atoms with Crippen molar-refractivity contribution < 1.29 is 18.0 Å². The van der Waals surface area contributed by atoms with Gasteiger partial charge in [0.2, 0.25) is 5.91 Å². The maximum absolute atomic E-state index is 13.3. The van der Waals surface area contributed by atoms with Gasteiger partial charge < -0.3 is 9.80 Å². The van der Waals surface area contributed by atoms with Crippen LogP contribution in [0, 0.1) is 5.92 Å². The van der Waals surface area contributed by atoms with Crippen molar-refractivity contribution in [3.05, 3.63) is 58.6 Å². The second-order valence-corrected chi connectivity index (χ2v) is 8.47. The van der Waals surface area contributed by atoms with Crippen LogP contribution in [0.2, 0.25) is 5.02 Å². The molecule has 1 aliphatic carbocycles. The zero-order chi connectivity index (χ0) is 20.8. The van der Waals surface area contributed by atoms with E-state index in [4.69, 9.17) is 11.6 Å². The van der Waals surface area contributed by atoms with Crippen LogP contribution in [-0.2, 0) is 11.0 Å². The van der Waals surface area contributed by atoms with Crippen molar-refractivity contribution in [3.63, 3.8) is 0 Å². The first-order chi connectivity index (χ1) is 13.7. The Morgan fingerprint density at radius 1 is 1.07 bits per heavy atom. The summed E-state index contributed by atoms with van der Waals surface area (Å²) in [6, 6.07) is 11.4. The van der Waals surface area contributed by atoms with Crippen LogP contribution in [0.5, 0.6) is 0 Å². The molecule has 8 heteroatoms. The standard InChI is InChI=1S/C21H20ClF3N2OS/c22-14-4-5-18(21(23,24)25)19(11-14)26-6-8-27(9-7-26)20(28)17-12-16(17)13-2-1-3-15(29)10-13/h1-5,10-11,16-17,29H,6-9,12H2/t16-,17-/m1/s1.